The molecule has 1 atom stereocenters. The topological polar surface area (TPSA) is 62.7 Å². The van der Waals surface area contributed by atoms with Gasteiger partial charge < -0.3 is 10.1 Å². The molecule has 7 heteroatoms. The number of carbonyl (C=O) groups is 1. The smallest absolute Gasteiger partial charge is 0.262 e. The van der Waals surface area contributed by atoms with E-state index in [0.717, 1.165) is 10.0 Å². The van der Waals surface area contributed by atoms with Crippen molar-refractivity contribution in [3.8, 4) is 11.5 Å². The molecule has 1 heterocycles. The maximum Gasteiger partial charge on any atom is 0.262 e. The SMILES string of the molecule is CC1NC(Cc2ccc(Cl)c(Oc3cccc(Br)c3)c2)=NNC1=O. The fraction of sp³-hybridized carbons (Fsp3) is 0.176. The van der Waals surface area contributed by atoms with E-state index in [-0.39, 0.29) is 11.9 Å². The number of hydrogen-bond acceptors (Lipinski definition) is 4. The third-order valence-electron chi connectivity index (χ3n) is 3.47. The third kappa shape index (κ3) is 4.07. The Morgan fingerprint density at radius 3 is 2.88 bits per heavy atom. The van der Waals surface area contributed by atoms with Crippen molar-refractivity contribution in [3.05, 3.63) is 57.5 Å². The second kappa shape index (κ2) is 7.23. The summed E-state index contributed by atoms with van der Waals surface area (Å²) in [5, 5.41) is 7.62. The van der Waals surface area contributed by atoms with Crippen LogP contribution in [0.15, 0.2) is 52.0 Å². The Balaban J connectivity index is 1.78. The van der Waals surface area contributed by atoms with Crippen LogP contribution in [0.4, 0.5) is 0 Å². The van der Waals surface area contributed by atoms with Gasteiger partial charge in [0.05, 0.1) is 5.02 Å². The fourth-order valence-electron chi connectivity index (χ4n) is 2.24. The number of amides is 1. The van der Waals surface area contributed by atoms with Gasteiger partial charge in [-0.15, -0.1) is 0 Å². The molecule has 0 aliphatic carbocycles. The lowest BCUT2D eigenvalue weighted by atomic mass is 10.1. The van der Waals surface area contributed by atoms with Gasteiger partial charge in [-0.25, -0.2) is 5.43 Å². The molecule has 124 valence electrons. The van der Waals surface area contributed by atoms with Gasteiger partial charge in [0.1, 0.15) is 23.4 Å². The number of halogens is 2. The van der Waals surface area contributed by atoms with Crippen molar-refractivity contribution in [1.29, 1.82) is 0 Å². The van der Waals surface area contributed by atoms with Crippen molar-refractivity contribution in [2.75, 3.05) is 0 Å². The van der Waals surface area contributed by atoms with Crippen LogP contribution in [0, 0.1) is 0 Å². The number of carbonyl (C=O) groups excluding carboxylic acids is 1. The van der Waals surface area contributed by atoms with Gasteiger partial charge in [-0.2, -0.15) is 5.10 Å². The van der Waals surface area contributed by atoms with Gasteiger partial charge in [0, 0.05) is 10.9 Å². The largest absolute Gasteiger partial charge is 0.456 e. The van der Waals surface area contributed by atoms with E-state index in [1.807, 2.05) is 36.4 Å². The molecule has 0 fully saturated rings. The predicted molar refractivity (Wildman–Crippen MR) is 97.5 cm³/mol. The number of benzene rings is 2. The fourth-order valence-corrected chi connectivity index (χ4v) is 2.78. The minimum absolute atomic E-state index is 0.145. The van der Waals surface area contributed by atoms with Crippen molar-refractivity contribution < 1.29 is 9.53 Å². The van der Waals surface area contributed by atoms with E-state index >= 15 is 0 Å². The van der Waals surface area contributed by atoms with Crippen LogP contribution in [0.25, 0.3) is 0 Å². The molecule has 0 aromatic heterocycles. The van der Waals surface area contributed by atoms with Crippen LogP contribution in [0.1, 0.15) is 12.5 Å². The molecule has 1 unspecified atom stereocenters. The molecule has 2 aromatic rings. The first-order chi connectivity index (χ1) is 11.5. The van der Waals surface area contributed by atoms with Crippen LogP contribution in [0.2, 0.25) is 5.02 Å². The number of nitrogens with one attached hydrogen (secondary N) is 2. The highest BCUT2D eigenvalue weighted by Crippen LogP contribution is 2.31. The second-order valence-corrected chi connectivity index (χ2v) is 6.72. The van der Waals surface area contributed by atoms with Crippen LogP contribution in [0.3, 0.4) is 0 Å². The Morgan fingerprint density at radius 1 is 1.29 bits per heavy atom. The maximum atomic E-state index is 11.4. The number of ether oxygens (including phenoxy) is 1. The van der Waals surface area contributed by atoms with Gasteiger partial charge in [0.15, 0.2) is 0 Å². The van der Waals surface area contributed by atoms with Gasteiger partial charge in [-0.1, -0.05) is 39.7 Å². The molecule has 5 nitrogen and oxygen atoms in total. The van der Waals surface area contributed by atoms with Crippen molar-refractivity contribution in [2.24, 2.45) is 5.10 Å². The molecule has 0 spiro atoms. The Labute approximate surface area is 153 Å². The summed E-state index contributed by atoms with van der Waals surface area (Å²) in [6.45, 7) is 1.79. The molecule has 0 bridgehead atoms. The number of nitrogens with zero attached hydrogens (tertiary/aromatic N) is 1. The lowest BCUT2D eigenvalue weighted by Crippen LogP contribution is -2.49. The molecule has 2 aromatic carbocycles. The lowest BCUT2D eigenvalue weighted by molar-refractivity contribution is -0.122. The normalized spacial score (nSPS) is 16.9. The average Bonchev–Trinajstić information content (AvgIpc) is 2.54. The number of hydrazone groups is 1. The summed E-state index contributed by atoms with van der Waals surface area (Å²) in [6.07, 6.45) is 0.538. The monoisotopic (exact) mass is 407 g/mol. The van der Waals surface area contributed by atoms with E-state index in [1.165, 1.54) is 0 Å². The minimum Gasteiger partial charge on any atom is -0.456 e. The van der Waals surface area contributed by atoms with E-state index in [0.29, 0.717) is 28.8 Å². The summed E-state index contributed by atoms with van der Waals surface area (Å²) in [7, 11) is 0. The summed E-state index contributed by atoms with van der Waals surface area (Å²) in [6, 6.07) is 12.8. The highest BCUT2D eigenvalue weighted by molar-refractivity contribution is 9.10. The summed E-state index contributed by atoms with van der Waals surface area (Å²) in [4.78, 5) is 11.4. The molecule has 1 amide bonds. The van der Waals surface area contributed by atoms with Crippen LogP contribution in [0.5, 0.6) is 11.5 Å². The quantitative estimate of drug-likeness (QED) is 0.807. The Kier molecular flexibility index (Phi) is 5.06. The summed E-state index contributed by atoms with van der Waals surface area (Å²) >= 11 is 9.64. The number of hydrogen-bond donors (Lipinski definition) is 2. The van der Waals surface area contributed by atoms with E-state index in [1.54, 1.807) is 13.0 Å². The molecule has 1 aliphatic heterocycles. The first kappa shape index (κ1) is 16.8. The van der Waals surface area contributed by atoms with E-state index < -0.39 is 0 Å². The first-order valence-corrected chi connectivity index (χ1v) is 8.53. The predicted octanol–water partition coefficient (Wildman–Crippen LogP) is 3.86. The highest BCUT2D eigenvalue weighted by atomic mass is 79.9. The Morgan fingerprint density at radius 2 is 2.12 bits per heavy atom. The van der Waals surface area contributed by atoms with Crippen molar-refractivity contribution in [2.45, 2.75) is 19.4 Å². The molecular weight excluding hydrogens is 394 g/mol. The van der Waals surface area contributed by atoms with E-state index in [2.05, 4.69) is 31.8 Å². The average molecular weight is 409 g/mol. The number of amidine groups is 1. The summed E-state index contributed by atoms with van der Waals surface area (Å²) in [5.74, 6) is 1.81. The van der Waals surface area contributed by atoms with Crippen molar-refractivity contribution in [1.82, 2.24) is 10.7 Å². The van der Waals surface area contributed by atoms with Gasteiger partial charge in [-0.3, -0.25) is 4.79 Å². The molecule has 0 radical (unpaired) electrons. The summed E-state index contributed by atoms with van der Waals surface area (Å²) in [5.41, 5.74) is 3.47. The lowest BCUT2D eigenvalue weighted by Gasteiger charge is -2.20. The highest BCUT2D eigenvalue weighted by Gasteiger charge is 2.19. The number of rotatable bonds is 4. The zero-order valence-electron chi connectivity index (χ0n) is 12.8. The molecule has 0 saturated heterocycles. The molecule has 2 N–H and O–H groups in total. The molecule has 3 rings (SSSR count). The van der Waals surface area contributed by atoms with Gasteiger partial charge in [0.25, 0.3) is 5.91 Å². The van der Waals surface area contributed by atoms with Crippen LogP contribution in [-0.2, 0) is 11.2 Å². The van der Waals surface area contributed by atoms with Gasteiger partial charge in [0.2, 0.25) is 0 Å². The summed E-state index contributed by atoms with van der Waals surface area (Å²) < 4.78 is 6.79. The van der Waals surface area contributed by atoms with Gasteiger partial charge in [-0.05, 0) is 42.8 Å². The van der Waals surface area contributed by atoms with Crippen molar-refractivity contribution in [3.63, 3.8) is 0 Å². The van der Waals surface area contributed by atoms with E-state index in [4.69, 9.17) is 16.3 Å². The Hall–Kier alpha value is -2.05. The first-order valence-electron chi connectivity index (χ1n) is 7.36. The van der Waals surface area contributed by atoms with Crippen LogP contribution < -0.4 is 15.5 Å². The Bertz CT molecular complexity index is 810. The minimum atomic E-state index is -0.304. The zero-order chi connectivity index (χ0) is 17.1. The van der Waals surface area contributed by atoms with Crippen LogP contribution in [-0.4, -0.2) is 17.8 Å². The molecular formula is C17H15BrClN3O2. The standard InChI is InChI=1S/C17H15BrClN3O2/c1-10-17(23)22-21-16(20-10)8-11-5-6-14(19)15(7-11)24-13-4-2-3-12(18)9-13/h2-7,9-10H,8H2,1H3,(H,20,21)(H,22,23). The maximum absolute atomic E-state index is 11.4. The van der Waals surface area contributed by atoms with Gasteiger partial charge >= 0.3 is 0 Å². The van der Waals surface area contributed by atoms with Crippen molar-refractivity contribution >= 4 is 39.3 Å². The van der Waals surface area contributed by atoms with Crippen LogP contribution >= 0.6 is 27.5 Å². The molecule has 1 aliphatic rings. The second-order valence-electron chi connectivity index (χ2n) is 5.40. The van der Waals surface area contributed by atoms with E-state index in [9.17, 15) is 4.79 Å². The third-order valence-corrected chi connectivity index (χ3v) is 4.27. The zero-order valence-corrected chi connectivity index (χ0v) is 15.2. The molecule has 24 heavy (non-hydrogen) atoms. The molecule has 0 saturated carbocycles.